The second-order valence-electron chi connectivity index (χ2n) is 5.19. The van der Waals surface area contributed by atoms with Crippen molar-refractivity contribution in [2.24, 2.45) is 10.2 Å². The summed E-state index contributed by atoms with van der Waals surface area (Å²) >= 11 is 6.01. The van der Waals surface area contributed by atoms with Gasteiger partial charge in [-0.3, -0.25) is 4.79 Å². The van der Waals surface area contributed by atoms with Crippen molar-refractivity contribution in [2.75, 3.05) is 6.54 Å². The first kappa shape index (κ1) is 13.8. The van der Waals surface area contributed by atoms with Crippen molar-refractivity contribution in [3.05, 3.63) is 64.2 Å². The first-order valence-corrected chi connectivity index (χ1v) is 7.32. The van der Waals surface area contributed by atoms with Crippen molar-refractivity contribution in [3.63, 3.8) is 0 Å². The molecule has 0 saturated carbocycles. The zero-order chi connectivity index (χ0) is 16.0. The molecule has 0 saturated heterocycles. The number of fused-ring (bicyclic) bond motifs is 3. The molecule has 2 aromatic carbocycles. The molecule has 23 heavy (non-hydrogen) atoms. The number of amides is 1. The molecule has 4 rings (SSSR count). The Labute approximate surface area is 136 Å². The Kier molecular flexibility index (Phi) is 3.06. The SMILES string of the molecule is O=C1CN2N=C(c3ccc(O)c(Cl)c3)c3ccccc3C2=NN1. The Morgan fingerprint density at radius 1 is 1.17 bits per heavy atom. The fourth-order valence-corrected chi connectivity index (χ4v) is 2.81. The van der Waals surface area contributed by atoms with Gasteiger partial charge < -0.3 is 5.11 Å². The van der Waals surface area contributed by atoms with Crippen LogP contribution in [0, 0.1) is 0 Å². The molecule has 2 heterocycles. The average Bonchev–Trinajstić information content (AvgIpc) is 2.56. The Hall–Kier alpha value is -2.86. The van der Waals surface area contributed by atoms with Gasteiger partial charge in [0.05, 0.1) is 10.7 Å². The number of hydrogen-bond donors (Lipinski definition) is 2. The molecule has 2 aliphatic heterocycles. The van der Waals surface area contributed by atoms with Gasteiger partial charge in [0.25, 0.3) is 5.91 Å². The minimum atomic E-state index is -0.222. The summed E-state index contributed by atoms with van der Waals surface area (Å²) in [6.45, 7) is 0.0997. The number of hydrogen-bond acceptors (Lipinski definition) is 5. The highest BCUT2D eigenvalue weighted by Crippen LogP contribution is 2.28. The zero-order valence-electron chi connectivity index (χ0n) is 11.8. The van der Waals surface area contributed by atoms with Gasteiger partial charge in [-0.15, -0.1) is 0 Å². The lowest BCUT2D eigenvalue weighted by molar-refractivity contribution is -0.122. The molecule has 0 aliphatic carbocycles. The molecule has 0 atom stereocenters. The standard InChI is InChI=1S/C16H11ClN4O2/c17-12-7-9(5-6-13(12)22)15-10-3-1-2-4-11(10)16-19-18-14(23)8-21(16)20-15/h1-7,22H,8H2,(H,18,23). The van der Waals surface area contributed by atoms with Crippen LogP contribution in [0.25, 0.3) is 0 Å². The van der Waals surface area contributed by atoms with Crippen LogP contribution in [0.1, 0.15) is 16.7 Å². The van der Waals surface area contributed by atoms with Crippen LogP contribution in [0.2, 0.25) is 5.02 Å². The van der Waals surface area contributed by atoms with Crippen LogP contribution in [0.4, 0.5) is 0 Å². The van der Waals surface area contributed by atoms with E-state index < -0.39 is 0 Å². The largest absolute Gasteiger partial charge is 0.506 e. The minimum Gasteiger partial charge on any atom is -0.506 e. The molecule has 0 unspecified atom stereocenters. The second kappa shape index (κ2) is 5.10. The van der Waals surface area contributed by atoms with Crippen molar-refractivity contribution in [2.45, 2.75) is 0 Å². The molecule has 2 aliphatic rings. The molecule has 0 fully saturated rings. The first-order valence-electron chi connectivity index (χ1n) is 6.95. The molecule has 0 aromatic heterocycles. The molecule has 2 N–H and O–H groups in total. The van der Waals surface area contributed by atoms with Crippen molar-refractivity contribution >= 4 is 29.1 Å². The topological polar surface area (TPSA) is 77.3 Å². The molecule has 7 heteroatoms. The van der Waals surface area contributed by atoms with Gasteiger partial charge in [-0.2, -0.15) is 10.2 Å². The molecule has 1 amide bonds. The Balaban J connectivity index is 1.92. The molecular weight excluding hydrogens is 316 g/mol. The van der Waals surface area contributed by atoms with E-state index in [1.54, 1.807) is 17.1 Å². The lowest BCUT2D eigenvalue weighted by Gasteiger charge is -2.30. The number of phenolic OH excluding ortho intramolecular Hbond substituents is 1. The van der Waals surface area contributed by atoms with Gasteiger partial charge in [0.1, 0.15) is 12.3 Å². The quantitative estimate of drug-likeness (QED) is 0.840. The lowest BCUT2D eigenvalue weighted by Crippen LogP contribution is -2.45. The summed E-state index contributed by atoms with van der Waals surface area (Å²) in [6.07, 6.45) is 0. The van der Waals surface area contributed by atoms with Crippen LogP contribution in [0.3, 0.4) is 0 Å². The molecule has 0 bridgehead atoms. The van der Waals surface area contributed by atoms with E-state index in [1.165, 1.54) is 6.07 Å². The van der Waals surface area contributed by atoms with Gasteiger partial charge in [0.2, 0.25) is 0 Å². The zero-order valence-corrected chi connectivity index (χ0v) is 12.6. The van der Waals surface area contributed by atoms with Gasteiger partial charge in [-0.25, -0.2) is 10.4 Å². The van der Waals surface area contributed by atoms with E-state index in [1.807, 2.05) is 24.3 Å². The Bertz CT molecular complexity index is 891. The maximum Gasteiger partial charge on any atom is 0.261 e. The summed E-state index contributed by atoms with van der Waals surface area (Å²) in [7, 11) is 0. The monoisotopic (exact) mass is 326 g/mol. The number of carbonyl (C=O) groups excluding carboxylic acids is 1. The molecule has 0 radical (unpaired) electrons. The second-order valence-corrected chi connectivity index (χ2v) is 5.60. The third kappa shape index (κ3) is 2.24. The Morgan fingerprint density at radius 3 is 2.74 bits per heavy atom. The normalized spacial score (nSPS) is 16.0. The van der Waals surface area contributed by atoms with E-state index in [4.69, 9.17) is 11.6 Å². The van der Waals surface area contributed by atoms with Crippen LogP contribution in [0.15, 0.2) is 52.7 Å². The number of hydrazone groups is 2. The fourth-order valence-electron chi connectivity index (χ4n) is 2.63. The fraction of sp³-hybridized carbons (Fsp3) is 0.0625. The molecule has 2 aromatic rings. The van der Waals surface area contributed by atoms with Crippen LogP contribution >= 0.6 is 11.6 Å². The maximum atomic E-state index is 11.6. The van der Waals surface area contributed by atoms with E-state index in [9.17, 15) is 9.90 Å². The predicted molar refractivity (Wildman–Crippen MR) is 86.6 cm³/mol. The summed E-state index contributed by atoms with van der Waals surface area (Å²) in [5.41, 5.74) is 5.67. The summed E-state index contributed by atoms with van der Waals surface area (Å²) < 4.78 is 0. The number of nitrogens with zero attached hydrogens (tertiary/aromatic N) is 3. The summed E-state index contributed by atoms with van der Waals surface area (Å²) in [5.74, 6) is 0.397. The Morgan fingerprint density at radius 2 is 1.96 bits per heavy atom. The number of halogens is 1. The van der Waals surface area contributed by atoms with E-state index in [0.29, 0.717) is 11.5 Å². The van der Waals surface area contributed by atoms with E-state index in [0.717, 1.165) is 16.7 Å². The van der Waals surface area contributed by atoms with Crippen LogP contribution in [0.5, 0.6) is 5.75 Å². The smallest absolute Gasteiger partial charge is 0.261 e. The highest BCUT2D eigenvalue weighted by Gasteiger charge is 2.30. The summed E-state index contributed by atoms with van der Waals surface area (Å²) in [5, 5.41) is 20.1. The van der Waals surface area contributed by atoms with Crippen LogP contribution in [-0.4, -0.2) is 34.1 Å². The van der Waals surface area contributed by atoms with Gasteiger partial charge in [0, 0.05) is 16.7 Å². The number of aromatic hydroxyl groups is 1. The van der Waals surface area contributed by atoms with E-state index in [-0.39, 0.29) is 23.2 Å². The lowest BCUT2D eigenvalue weighted by atomic mass is 9.95. The van der Waals surface area contributed by atoms with Gasteiger partial charge >= 0.3 is 0 Å². The van der Waals surface area contributed by atoms with Crippen molar-refractivity contribution in [1.29, 1.82) is 0 Å². The van der Waals surface area contributed by atoms with Crippen LogP contribution in [-0.2, 0) is 4.79 Å². The van der Waals surface area contributed by atoms with E-state index >= 15 is 0 Å². The average molecular weight is 327 g/mol. The van der Waals surface area contributed by atoms with E-state index in [2.05, 4.69) is 15.6 Å². The number of carbonyl (C=O) groups is 1. The first-order chi connectivity index (χ1) is 11.1. The number of amidine groups is 1. The summed E-state index contributed by atoms with van der Waals surface area (Å²) in [4.78, 5) is 11.6. The third-order valence-electron chi connectivity index (χ3n) is 3.69. The van der Waals surface area contributed by atoms with Gasteiger partial charge in [0.15, 0.2) is 5.84 Å². The number of nitrogens with one attached hydrogen (secondary N) is 1. The van der Waals surface area contributed by atoms with Crippen molar-refractivity contribution in [3.8, 4) is 5.75 Å². The highest BCUT2D eigenvalue weighted by molar-refractivity contribution is 6.33. The summed E-state index contributed by atoms with van der Waals surface area (Å²) in [6, 6.07) is 12.6. The number of phenols is 1. The van der Waals surface area contributed by atoms with Gasteiger partial charge in [-0.1, -0.05) is 35.9 Å². The molecule has 114 valence electrons. The molecule has 0 spiro atoms. The number of benzene rings is 2. The van der Waals surface area contributed by atoms with Gasteiger partial charge in [-0.05, 0) is 18.2 Å². The predicted octanol–water partition coefficient (Wildman–Crippen LogP) is 1.90. The van der Waals surface area contributed by atoms with Crippen molar-refractivity contribution < 1.29 is 9.90 Å². The minimum absolute atomic E-state index is 0.0136. The molecular formula is C16H11ClN4O2. The van der Waals surface area contributed by atoms with Crippen LogP contribution < -0.4 is 5.43 Å². The molecule has 6 nitrogen and oxygen atoms in total. The van der Waals surface area contributed by atoms with Crippen molar-refractivity contribution in [1.82, 2.24) is 10.4 Å². The maximum absolute atomic E-state index is 11.6. The number of rotatable bonds is 1. The highest BCUT2D eigenvalue weighted by atomic mass is 35.5. The third-order valence-corrected chi connectivity index (χ3v) is 3.99.